The lowest BCUT2D eigenvalue weighted by Gasteiger charge is -2.13. The Labute approximate surface area is 123 Å². The Morgan fingerprint density at radius 3 is 2.05 bits per heavy atom. The number of carboxylic acids is 1. The van der Waals surface area contributed by atoms with Gasteiger partial charge in [0.15, 0.2) is 0 Å². The Morgan fingerprint density at radius 1 is 0.909 bits per heavy atom. The molecule has 2 aromatic rings. The second-order valence-electron chi connectivity index (χ2n) is 4.35. The van der Waals surface area contributed by atoms with Gasteiger partial charge in [0.05, 0.1) is 22.4 Å². The molecular weight excluding hydrogens is 299 g/mol. The monoisotopic (exact) mass is 309 g/mol. The lowest BCUT2D eigenvalue weighted by atomic mass is 10.1. The Hall–Kier alpha value is -2.83. The van der Waals surface area contributed by atoms with Crippen LogP contribution in [0.1, 0.15) is 26.3 Å². The molecule has 0 saturated carbocycles. The number of para-hydroxylation sites is 1. The van der Waals surface area contributed by atoms with E-state index in [4.69, 9.17) is 5.11 Å². The number of benzene rings is 2. The molecule has 0 fully saturated rings. The molecule has 22 heavy (non-hydrogen) atoms. The molecule has 0 aliphatic heterocycles. The van der Waals surface area contributed by atoms with Crippen LogP contribution in [-0.2, 0) is 6.18 Å². The van der Waals surface area contributed by atoms with Crippen molar-refractivity contribution in [1.29, 1.82) is 0 Å². The van der Waals surface area contributed by atoms with Gasteiger partial charge in [-0.1, -0.05) is 24.3 Å². The van der Waals surface area contributed by atoms with Crippen LogP contribution in [0.5, 0.6) is 0 Å². The van der Waals surface area contributed by atoms with Crippen LogP contribution in [0.25, 0.3) is 0 Å². The first-order valence-corrected chi connectivity index (χ1v) is 6.10. The summed E-state index contributed by atoms with van der Waals surface area (Å²) in [4.78, 5) is 23.1. The molecule has 0 aliphatic rings. The fourth-order valence-electron chi connectivity index (χ4n) is 1.90. The van der Waals surface area contributed by atoms with Gasteiger partial charge in [-0.25, -0.2) is 4.79 Å². The van der Waals surface area contributed by atoms with Crippen molar-refractivity contribution in [2.75, 3.05) is 5.32 Å². The first-order valence-electron chi connectivity index (χ1n) is 6.10. The first-order chi connectivity index (χ1) is 10.3. The lowest BCUT2D eigenvalue weighted by Crippen LogP contribution is -2.19. The van der Waals surface area contributed by atoms with E-state index >= 15 is 0 Å². The maximum absolute atomic E-state index is 12.9. The third-order valence-corrected chi connectivity index (χ3v) is 2.88. The average Bonchev–Trinajstić information content (AvgIpc) is 2.46. The van der Waals surface area contributed by atoms with Crippen LogP contribution in [0, 0.1) is 0 Å². The molecule has 0 radical (unpaired) electrons. The predicted molar refractivity (Wildman–Crippen MR) is 72.8 cm³/mol. The van der Waals surface area contributed by atoms with E-state index in [2.05, 4.69) is 5.32 Å². The minimum atomic E-state index is -4.68. The van der Waals surface area contributed by atoms with Crippen molar-refractivity contribution in [3.05, 3.63) is 65.2 Å². The van der Waals surface area contributed by atoms with Crippen LogP contribution in [0.15, 0.2) is 48.5 Å². The van der Waals surface area contributed by atoms with Gasteiger partial charge in [-0.05, 0) is 24.3 Å². The summed E-state index contributed by atoms with van der Waals surface area (Å²) >= 11 is 0. The fourth-order valence-corrected chi connectivity index (χ4v) is 1.90. The predicted octanol–water partition coefficient (Wildman–Crippen LogP) is 3.66. The Kier molecular flexibility index (Phi) is 4.16. The van der Waals surface area contributed by atoms with Crippen molar-refractivity contribution in [1.82, 2.24) is 0 Å². The Balaban J connectivity index is 2.38. The van der Waals surface area contributed by atoms with E-state index in [1.807, 2.05) is 0 Å². The molecule has 2 N–H and O–H groups in total. The summed E-state index contributed by atoms with van der Waals surface area (Å²) in [7, 11) is 0. The smallest absolute Gasteiger partial charge is 0.417 e. The average molecular weight is 309 g/mol. The molecule has 7 heteroatoms. The molecule has 2 aromatic carbocycles. The molecule has 0 spiro atoms. The van der Waals surface area contributed by atoms with Crippen LogP contribution >= 0.6 is 0 Å². The minimum Gasteiger partial charge on any atom is -0.478 e. The molecule has 0 unspecified atom stereocenters. The number of hydrogen-bond acceptors (Lipinski definition) is 2. The van der Waals surface area contributed by atoms with Crippen molar-refractivity contribution in [3.63, 3.8) is 0 Å². The zero-order chi connectivity index (χ0) is 16.3. The zero-order valence-electron chi connectivity index (χ0n) is 11.0. The molecule has 2 rings (SSSR count). The second kappa shape index (κ2) is 5.88. The molecule has 4 nitrogen and oxygen atoms in total. The number of hydrogen-bond donors (Lipinski definition) is 2. The number of carbonyl (C=O) groups excluding carboxylic acids is 1. The molecule has 0 aliphatic carbocycles. The number of amides is 1. The van der Waals surface area contributed by atoms with Crippen LogP contribution in [0.3, 0.4) is 0 Å². The van der Waals surface area contributed by atoms with Gasteiger partial charge >= 0.3 is 12.1 Å². The number of carboxylic acid groups (broad SMARTS) is 1. The Morgan fingerprint density at radius 2 is 1.45 bits per heavy atom. The Bertz CT molecular complexity index is 726. The van der Waals surface area contributed by atoms with Gasteiger partial charge in [-0.3, -0.25) is 4.79 Å². The van der Waals surface area contributed by atoms with Crippen LogP contribution in [0.4, 0.5) is 18.9 Å². The number of aromatic carboxylic acids is 1. The zero-order valence-corrected chi connectivity index (χ0v) is 11.0. The molecular formula is C15H10F3NO3. The normalized spacial score (nSPS) is 11.0. The number of anilines is 1. The second-order valence-corrected chi connectivity index (χ2v) is 4.35. The molecule has 114 valence electrons. The van der Waals surface area contributed by atoms with Gasteiger partial charge in [0.2, 0.25) is 0 Å². The first kappa shape index (κ1) is 15.6. The highest BCUT2D eigenvalue weighted by Crippen LogP contribution is 2.32. The molecule has 0 saturated heterocycles. The highest BCUT2D eigenvalue weighted by Gasteiger charge is 2.34. The molecule has 0 aromatic heterocycles. The standard InChI is InChI=1S/C15H10F3NO3/c16-15(17,18)11-7-3-1-5-9(11)13(20)19-12-8-4-2-6-10(12)14(21)22/h1-8H,(H,19,20)(H,21,22). The van der Waals surface area contributed by atoms with Crippen molar-refractivity contribution in [2.24, 2.45) is 0 Å². The summed E-state index contributed by atoms with van der Waals surface area (Å²) in [5.41, 5.74) is -1.94. The van der Waals surface area contributed by atoms with E-state index in [0.29, 0.717) is 0 Å². The summed E-state index contributed by atoms with van der Waals surface area (Å²) < 4.78 is 38.6. The van der Waals surface area contributed by atoms with E-state index in [1.54, 1.807) is 0 Å². The number of halogens is 3. The van der Waals surface area contributed by atoms with Crippen LogP contribution in [0.2, 0.25) is 0 Å². The van der Waals surface area contributed by atoms with E-state index < -0.39 is 29.2 Å². The van der Waals surface area contributed by atoms with Crippen molar-refractivity contribution in [2.45, 2.75) is 6.18 Å². The van der Waals surface area contributed by atoms with E-state index in [0.717, 1.165) is 12.1 Å². The summed E-state index contributed by atoms with van der Waals surface area (Å²) in [6.07, 6.45) is -4.68. The van der Waals surface area contributed by atoms with Gasteiger partial charge in [-0.2, -0.15) is 13.2 Å². The third kappa shape index (κ3) is 3.25. The van der Waals surface area contributed by atoms with E-state index in [-0.39, 0.29) is 11.3 Å². The van der Waals surface area contributed by atoms with Crippen molar-refractivity contribution < 1.29 is 27.9 Å². The number of nitrogens with one attached hydrogen (secondary N) is 1. The van der Waals surface area contributed by atoms with Gasteiger partial charge in [0.25, 0.3) is 5.91 Å². The lowest BCUT2D eigenvalue weighted by molar-refractivity contribution is -0.137. The number of alkyl halides is 3. The SMILES string of the molecule is O=C(O)c1ccccc1NC(=O)c1ccccc1C(F)(F)F. The maximum atomic E-state index is 12.9. The van der Waals surface area contributed by atoms with E-state index in [1.165, 1.54) is 36.4 Å². The largest absolute Gasteiger partial charge is 0.478 e. The maximum Gasteiger partial charge on any atom is 0.417 e. The molecule has 1 amide bonds. The van der Waals surface area contributed by atoms with Gasteiger partial charge < -0.3 is 10.4 Å². The van der Waals surface area contributed by atoms with Gasteiger partial charge in [-0.15, -0.1) is 0 Å². The minimum absolute atomic E-state index is 0.0722. The fraction of sp³-hybridized carbons (Fsp3) is 0.0667. The highest BCUT2D eigenvalue weighted by molar-refractivity contribution is 6.08. The van der Waals surface area contributed by atoms with Crippen LogP contribution in [-0.4, -0.2) is 17.0 Å². The van der Waals surface area contributed by atoms with Crippen molar-refractivity contribution >= 4 is 17.6 Å². The highest BCUT2D eigenvalue weighted by atomic mass is 19.4. The number of carbonyl (C=O) groups is 2. The van der Waals surface area contributed by atoms with Crippen molar-refractivity contribution in [3.8, 4) is 0 Å². The summed E-state index contributed by atoms with van der Waals surface area (Å²) in [5, 5.41) is 11.2. The van der Waals surface area contributed by atoms with Crippen LogP contribution < -0.4 is 5.32 Å². The molecule has 0 atom stereocenters. The summed E-state index contributed by atoms with van der Waals surface area (Å²) in [5.74, 6) is -2.32. The van der Waals surface area contributed by atoms with E-state index in [9.17, 15) is 22.8 Å². The number of rotatable bonds is 3. The topological polar surface area (TPSA) is 66.4 Å². The summed E-state index contributed by atoms with van der Waals surface area (Å²) in [6, 6.07) is 9.75. The summed E-state index contributed by atoms with van der Waals surface area (Å²) in [6.45, 7) is 0. The molecule has 0 heterocycles. The van der Waals surface area contributed by atoms with Gasteiger partial charge in [0.1, 0.15) is 0 Å². The molecule has 0 bridgehead atoms. The van der Waals surface area contributed by atoms with Gasteiger partial charge in [0, 0.05) is 0 Å². The quantitative estimate of drug-likeness (QED) is 0.909. The third-order valence-electron chi connectivity index (χ3n) is 2.88.